The molecule has 0 saturated carbocycles. The van der Waals surface area contributed by atoms with Crippen LogP contribution in [-0.4, -0.2) is 26.6 Å². The molecule has 0 aliphatic rings. The second-order valence-electron chi connectivity index (χ2n) is 5.26. The first-order valence-corrected chi connectivity index (χ1v) is 8.80. The van der Waals surface area contributed by atoms with Crippen LogP contribution >= 0.6 is 0 Å². The van der Waals surface area contributed by atoms with Crippen molar-refractivity contribution in [2.75, 3.05) is 11.8 Å². The van der Waals surface area contributed by atoms with Gasteiger partial charge in [-0.15, -0.1) is 0 Å². The largest absolute Gasteiger partial charge is 0.495 e. The Bertz CT molecular complexity index is 984. The van der Waals surface area contributed by atoms with Crippen LogP contribution in [0.3, 0.4) is 0 Å². The van der Waals surface area contributed by atoms with Gasteiger partial charge in [-0.25, -0.2) is 13.2 Å². The fourth-order valence-corrected chi connectivity index (χ4v) is 3.24. The predicted molar refractivity (Wildman–Crippen MR) is 91.9 cm³/mol. The normalized spacial score (nSPS) is 12.1. The molecule has 0 fully saturated rings. The van der Waals surface area contributed by atoms with Gasteiger partial charge in [-0.2, -0.15) is 13.2 Å². The summed E-state index contributed by atoms with van der Waals surface area (Å²) < 4.78 is 70.7. The Balaban J connectivity index is 2.42. The average molecular weight is 401 g/mol. The summed E-state index contributed by atoms with van der Waals surface area (Å²) in [6.45, 7) is 0. The first-order valence-electron chi connectivity index (χ1n) is 7.32. The smallest absolute Gasteiger partial charge is 0.416 e. The van der Waals surface area contributed by atoms with Gasteiger partial charge in [-0.3, -0.25) is 4.72 Å². The number of hydrogen-bond donors (Lipinski definition) is 2. The predicted octanol–water partition coefficient (Wildman–Crippen LogP) is 3.61. The quantitative estimate of drug-likeness (QED) is 0.722. The van der Waals surface area contributed by atoms with Crippen LogP contribution in [0.25, 0.3) is 6.08 Å². The maximum absolute atomic E-state index is 12.9. The molecule has 0 heterocycles. The molecule has 0 bridgehead atoms. The lowest BCUT2D eigenvalue weighted by atomic mass is 10.2. The third-order valence-electron chi connectivity index (χ3n) is 3.36. The van der Waals surface area contributed by atoms with Crippen molar-refractivity contribution in [2.45, 2.75) is 11.1 Å². The van der Waals surface area contributed by atoms with Crippen molar-refractivity contribution in [1.29, 1.82) is 0 Å². The van der Waals surface area contributed by atoms with Crippen LogP contribution < -0.4 is 9.46 Å². The van der Waals surface area contributed by atoms with Crippen molar-refractivity contribution in [3.63, 3.8) is 0 Å². The number of anilines is 1. The molecule has 0 unspecified atom stereocenters. The second-order valence-corrected chi connectivity index (χ2v) is 6.94. The van der Waals surface area contributed by atoms with Crippen LogP contribution in [0.1, 0.15) is 11.1 Å². The minimum atomic E-state index is -4.66. The van der Waals surface area contributed by atoms with Gasteiger partial charge >= 0.3 is 12.1 Å². The number of rotatable bonds is 6. The Morgan fingerprint density at radius 3 is 2.48 bits per heavy atom. The molecule has 0 radical (unpaired) electrons. The van der Waals surface area contributed by atoms with Crippen LogP contribution in [0.2, 0.25) is 0 Å². The molecule has 6 nitrogen and oxygen atoms in total. The number of benzene rings is 2. The van der Waals surface area contributed by atoms with E-state index >= 15 is 0 Å². The van der Waals surface area contributed by atoms with Crippen molar-refractivity contribution in [3.05, 3.63) is 59.7 Å². The number of methoxy groups -OCH3 is 1. The second kappa shape index (κ2) is 7.70. The highest BCUT2D eigenvalue weighted by Gasteiger charge is 2.31. The van der Waals surface area contributed by atoms with E-state index in [0.717, 1.165) is 18.2 Å². The van der Waals surface area contributed by atoms with Gasteiger partial charge in [0.15, 0.2) is 0 Å². The number of ether oxygens (including phenoxy) is 1. The number of nitrogens with one attached hydrogen (secondary N) is 1. The van der Waals surface area contributed by atoms with E-state index in [1.807, 2.05) is 0 Å². The zero-order chi connectivity index (χ0) is 20.2. The minimum absolute atomic E-state index is 0.0893. The van der Waals surface area contributed by atoms with Crippen LogP contribution in [0.5, 0.6) is 5.75 Å². The average Bonchev–Trinajstić information content (AvgIpc) is 2.59. The molecule has 0 aliphatic carbocycles. The zero-order valence-corrected chi connectivity index (χ0v) is 14.6. The number of carboxylic acid groups (broad SMARTS) is 1. The van der Waals surface area contributed by atoms with Crippen LogP contribution in [0.4, 0.5) is 18.9 Å². The van der Waals surface area contributed by atoms with E-state index in [1.165, 1.54) is 37.5 Å². The third-order valence-corrected chi connectivity index (χ3v) is 4.72. The third kappa shape index (κ3) is 5.23. The zero-order valence-electron chi connectivity index (χ0n) is 13.8. The summed E-state index contributed by atoms with van der Waals surface area (Å²) in [6, 6.07) is 7.66. The van der Waals surface area contributed by atoms with Gasteiger partial charge in [0, 0.05) is 6.08 Å². The van der Waals surface area contributed by atoms with Crippen LogP contribution in [0.15, 0.2) is 53.4 Å². The maximum atomic E-state index is 12.9. The molecular formula is C17H14F3NO5S. The van der Waals surface area contributed by atoms with Crippen LogP contribution in [-0.2, 0) is 21.0 Å². The molecule has 10 heteroatoms. The van der Waals surface area contributed by atoms with Gasteiger partial charge in [0.25, 0.3) is 10.0 Å². The highest BCUT2D eigenvalue weighted by molar-refractivity contribution is 7.92. The van der Waals surface area contributed by atoms with Gasteiger partial charge in [0.2, 0.25) is 0 Å². The van der Waals surface area contributed by atoms with Gasteiger partial charge in [0.1, 0.15) is 5.75 Å². The van der Waals surface area contributed by atoms with Crippen molar-refractivity contribution >= 4 is 27.8 Å². The van der Waals surface area contributed by atoms with E-state index in [0.29, 0.717) is 6.07 Å². The molecule has 2 aromatic carbocycles. The summed E-state index contributed by atoms with van der Waals surface area (Å²) in [6.07, 6.45) is -2.64. The lowest BCUT2D eigenvalue weighted by Gasteiger charge is -2.15. The first-order chi connectivity index (χ1) is 12.5. The fourth-order valence-electron chi connectivity index (χ4n) is 2.12. The highest BCUT2D eigenvalue weighted by Crippen LogP contribution is 2.35. The Labute approximate surface area is 153 Å². The molecule has 144 valence electrons. The minimum Gasteiger partial charge on any atom is -0.495 e. The molecule has 0 aromatic heterocycles. The summed E-state index contributed by atoms with van der Waals surface area (Å²) in [5.74, 6) is -1.30. The van der Waals surface area contributed by atoms with E-state index in [4.69, 9.17) is 9.84 Å². The van der Waals surface area contributed by atoms with Crippen LogP contribution in [0, 0.1) is 0 Å². The molecular weight excluding hydrogens is 387 g/mol. The lowest BCUT2D eigenvalue weighted by Crippen LogP contribution is -2.15. The van der Waals surface area contributed by atoms with Gasteiger partial charge in [-0.1, -0.05) is 12.1 Å². The molecule has 0 amide bonds. The SMILES string of the molecule is COc1ccc(C(F)(F)F)cc1NS(=O)(=O)c1cccc(C=CC(=O)O)c1. The van der Waals surface area contributed by atoms with Crippen molar-refractivity contribution in [3.8, 4) is 5.75 Å². The number of sulfonamides is 1. The first kappa shape index (κ1) is 20.3. The number of aliphatic carboxylic acids is 1. The van der Waals surface area contributed by atoms with E-state index in [9.17, 15) is 26.4 Å². The molecule has 0 aliphatic heterocycles. The molecule has 0 spiro atoms. The highest BCUT2D eigenvalue weighted by atomic mass is 32.2. The standard InChI is InChI=1S/C17H14F3NO5S/c1-26-15-7-6-12(17(18,19)20)10-14(15)21-27(24,25)13-4-2-3-11(9-13)5-8-16(22)23/h2-10,21H,1H3,(H,22,23). The summed E-state index contributed by atoms with van der Waals surface area (Å²) in [5.41, 5.74) is -1.13. The Kier molecular flexibility index (Phi) is 5.79. The monoisotopic (exact) mass is 401 g/mol. The summed E-state index contributed by atoms with van der Waals surface area (Å²) in [5, 5.41) is 8.63. The number of alkyl halides is 3. The molecule has 2 rings (SSSR count). The van der Waals surface area contributed by atoms with E-state index in [1.54, 1.807) is 0 Å². The number of halogens is 3. The fraction of sp³-hybridized carbons (Fsp3) is 0.118. The number of carbonyl (C=O) groups is 1. The Morgan fingerprint density at radius 1 is 1.19 bits per heavy atom. The van der Waals surface area contributed by atoms with Crippen molar-refractivity contribution in [2.24, 2.45) is 0 Å². The van der Waals surface area contributed by atoms with Crippen molar-refractivity contribution < 1.29 is 36.2 Å². The molecule has 0 atom stereocenters. The summed E-state index contributed by atoms with van der Waals surface area (Å²) in [7, 11) is -3.06. The molecule has 0 saturated heterocycles. The number of hydrogen-bond acceptors (Lipinski definition) is 4. The molecule has 2 aromatic rings. The Hall–Kier alpha value is -3.01. The van der Waals surface area contributed by atoms with Gasteiger partial charge in [-0.05, 0) is 42.0 Å². The summed E-state index contributed by atoms with van der Waals surface area (Å²) in [4.78, 5) is 10.3. The summed E-state index contributed by atoms with van der Waals surface area (Å²) >= 11 is 0. The van der Waals surface area contributed by atoms with E-state index < -0.39 is 27.7 Å². The van der Waals surface area contributed by atoms with Gasteiger partial charge < -0.3 is 9.84 Å². The van der Waals surface area contributed by atoms with Crippen molar-refractivity contribution in [1.82, 2.24) is 0 Å². The molecule has 27 heavy (non-hydrogen) atoms. The van der Waals surface area contributed by atoms with E-state index in [2.05, 4.69) is 4.72 Å². The Morgan fingerprint density at radius 2 is 1.89 bits per heavy atom. The van der Waals surface area contributed by atoms with E-state index in [-0.39, 0.29) is 21.9 Å². The van der Waals surface area contributed by atoms with Gasteiger partial charge in [0.05, 0.1) is 23.3 Å². The lowest BCUT2D eigenvalue weighted by molar-refractivity contribution is -0.137. The topological polar surface area (TPSA) is 92.7 Å². The maximum Gasteiger partial charge on any atom is 0.416 e. The molecule has 2 N–H and O–H groups in total. The number of carboxylic acids is 1.